The van der Waals surface area contributed by atoms with E-state index >= 15 is 0 Å². The van der Waals surface area contributed by atoms with E-state index in [4.69, 9.17) is 9.47 Å². The molecule has 1 aliphatic rings. The topological polar surface area (TPSA) is 64.6 Å². The first kappa shape index (κ1) is 18.3. The molecule has 3 rings (SSSR count). The van der Waals surface area contributed by atoms with Crippen molar-refractivity contribution in [1.29, 1.82) is 0 Å². The third-order valence-corrected chi connectivity index (χ3v) is 5.03. The van der Waals surface area contributed by atoms with Crippen LogP contribution < -0.4 is 14.8 Å². The summed E-state index contributed by atoms with van der Waals surface area (Å²) in [5, 5.41) is 2.83. The molecule has 0 fully saturated rings. The van der Waals surface area contributed by atoms with Crippen LogP contribution in [0.1, 0.15) is 35.8 Å². The molecule has 0 aromatic heterocycles. The van der Waals surface area contributed by atoms with Crippen LogP contribution in [0.25, 0.3) is 0 Å². The average molecular weight is 371 g/mol. The summed E-state index contributed by atoms with van der Waals surface area (Å²) in [7, 11) is 0. The Kier molecular flexibility index (Phi) is 5.83. The predicted octanol–water partition coefficient (Wildman–Crippen LogP) is 3.63. The van der Waals surface area contributed by atoms with Crippen LogP contribution >= 0.6 is 11.8 Å². The molecule has 0 aliphatic carbocycles. The van der Waals surface area contributed by atoms with Crippen molar-refractivity contribution in [3.8, 4) is 11.5 Å². The minimum Gasteiger partial charge on any atom is -0.486 e. The maximum atomic E-state index is 12.4. The van der Waals surface area contributed by atoms with E-state index in [2.05, 4.69) is 5.32 Å². The SMILES string of the molecule is CC(=O)NC(C)c1ccc(C(=O)CSc2ccc3c(c2)OCCO3)cc1. The van der Waals surface area contributed by atoms with Crippen molar-refractivity contribution in [3.63, 3.8) is 0 Å². The fraction of sp³-hybridized carbons (Fsp3) is 0.300. The van der Waals surface area contributed by atoms with E-state index in [1.54, 1.807) is 12.1 Å². The average Bonchev–Trinajstić information content (AvgIpc) is 2.65. The second-order valence-corrected chi connectivity index (χ2v) is 7.11. The van der Waals surface area contributed by atoms with Crippen LogP contribution in [0.15, 0.2) is 47.4 Å². The zero-order valence-electron chi connectivity index (χ0n) is 14.8. The maximum absolute atomic E-state index is 12.4. The molecule has 26 heavy (non-hydrogen) atoms. The summed E-state index contributed by atoms with van der Waals surface area (Å²) in [6.45, 7) is 4.51. The van der Waals surface area contributed by atoms with Gasteiger partial charge in [-0.25, -0.2) is 0 Å². The van der Waals surface area contributed by atoms with Gasteiger partial charge in [0.15, 0.2) is 17.3 Å². The van der Waals surface area contributed by atoms with E-state index in [0.717, 1.165) is 22.0 Å². The predicted molar refractivity (Wildman–Crippen MR) is 101 cm³/mol. The van der Waals surface area contributed by atoms with E-state index in [-0.39, 0.29) is 17.7 Å². The number of nitrogens with one attached hydrogen (secondary N) is 1. The Morgan fingerprint density at radius 2 is 1.77 bits per heavy atom. The van der Waals surface area contributed by atoms with Crippen LogP contribution in [-0.4, -0.2) is 30.7 Å². The molecule has 2 aromatic carbocycles. The monoisotopic (exact) mass is 371 g/mol. The van der Waals surface area contributed by atoms with Crippen molar-refractivity contribution in [2.24, 2.45) is 0 Å². The molecule has 136 valence electrons. The van der Waals surface area contributed by atoms with Gasteiger partial charge in [0.2, 0.25) is 5.91 Å². The second-order valence-electron chi connectivity index (χ2n) is 6.06. The van der Waals surface area contributed by atoms with Crippen LogP contribution in [0.3, 0.4) is 0 Å². The van der Waals surface area contributed by atoms with E-state index in [1.807, 2.05) is 37.3 Å². The Morgan fingerprint density at radius 1 is 1.08 bits per heavy atom. The van der Waals surface area contributed by atoms with Gasteiger partial charge in [-0.3, -0.25) is 9.59 Å². The van der Waals surface area contributed by atoms with Gasteiger partial charge in [0.05, 0.1) is 11.8 Å². The third kappa shape index (κ3) is 4.58. The summed E-state index contributed by atoms with van der Waals surface area (Å²) >= 11 is 1.47. The number of carbonyl (C=O) groups is 2. The van der Waals surface area contributed by atoms with E-state index < -0.39 is 0 Å². The van der Waals surface area contributed by atoms with Gasteiger partial charge >= 0.3 is 0 Å². The van der Waals surface area contributed by atoms with Crippen molar-refractivity contribution in [1.82, 2.24) is 5.32 Å². The molecule has 2 aromatic rings. The zero-order valence-corrected chi connectivity index (χ0v) is 15.6. The summed E-state index contributed by atoms with van der Waals surface area (Å²) in [6.07, 6.45) is 0. The fourth-order valence-corrected chi connectivity index (χ4v) is 3.51. The summed E-state index contributed by atoms with van der Waals surface area (Å²) in [4.78, 5) is 24.5. The number of rotatable bonds is 6. The number of ketones is 1. The number of fused-ring (bicyclic) bond motifs is 1. The van der Waals surface area contributed by atoms with Crippen LogP contribution in [0.5, 0.6) is 11.5 Å². The highest BCUT2D eigenvalue weighted by Gasteiger charge is 2.14. The maximum Gasteiger partial charge on any atom is 0.217 e. The largest absolute Gasteiger partial charge is 0.486 e. The molecule has 6 heteroatoms. The molecule has 1 heterocycles. The number of benzene rings is 2. The summed E-state index contributed by atoms with van der Waals surface area (Å²) in [5.41, 5.74) is 1.63. The Hall–Kier alpha value is -2.47. The molecule has 1 N–H and O–H groups in total. The first-order valence-electron chi connectivity index (χ1n) is 8.45. The fourth-order valence-electron chi connectivity index (χ4n) is 2.69. The molecular weight excluding hydrogens is 350 g/mol. The molecule has 0 saturated carbocycles. The van der Waals surface area contributed by atoms with Crippen LogP contribution in [0.4, 0.5) is 0 Å². The zero-order chi connectivity index (χ0) is 18.5. The van der Waals surface area contributed by atoms with Crippen molar-refractivity contribution in [2.45, 2.75) is 24.8 Å². The lowest BCUT2D eigenvalue weighted by atomic mass is 10.0. The first-order valence-corrected chi connectivity index (χ1v) is 9.44. The second kappa shape index (κ2) is 8.27. The molecule has 0 radical (unpaired) electrons. The van der Waals surface area contributed by atoms with Crippen molar-refractivity contribution < 1.29 is 19.1 Å². The highest BCUT2D eigenvalue weighted by Crippen LogP contribution is 2.34. The molecule has 0 saturated heterocycles. The van der Waals surface area contributed by atoms with Gasteiger partial charge in [0, 0.05) is 17.4 Å². The lowest BCUT2D eigenvalue weighted by Crippen LogP contribution is -2.23. The van der Waals surface area contributed by atoms with Gasteiger partial charge in [0.1, 0.15) is 13.2 Å². The van der Waals surface area contributed by atoms with Gasteiger partial charge in [-0.1, -0.05) is 24.3 Å². The molecule has 1 aliphatic heterocycles. The minimum absolute atomic E-state index is 0.0589. The van der Waals surface area contributed by atoms with E-state index in [0.29, 0.717) is 24.5 Å². The third-order valence-electron chi connectivity index (χ3n) is 4.04. The Labute approximate surface area is 157 Å². The van der Waals surface area contributed by atoms with Crippen molar-refractivity contribution >= 4 is 23.5 Å². The summed E-state index contributed by atoms with van der Waals surface area (Å²) in [6, 6.07) is 13.0. The highest BCUT2D eigenvalue weighted by atomic mass is 32.2. The Balaban J connectivity index is 1.59. The number of Topliss-reactive ketones (excluding diaryl/α,β-unsaturated/α-hetero) is 1. The normalized spacial score (nSPS) is 13.8. The number of hydrogen-bond acceptors (Lipinski definition) is 5. The highest BCUT2D eigenvalue weighted by molar-refractivity contribution is 8.00. The number of ether oxygens (including phenoxy) is 2. The van der Waals surface area contributed by atoms with Gasteiger partial charge in [-0.15, -0.1) is 11.8 Å². The molecule has 1 atom stereocenters. The van der Waals surface area contributed by atoms with Gasteiger partial charge in [0.25, 0.3) is 0 Å². The van der Waals surface area contributed by atoms with E-state index in [9.17, 15) is 9.59 Å². The van der Waals surface area contributed by atoms with Gasteiger partial charge in [-0.05, 0) is 30.7 Å². The summed E-state index contributed by atoms with van der Waals surface area (Å²) < 4.78 is 11.1. The number of carbonyl (C=O) groups excluding carboxylic acids is 2. The number of thioether (sulfide) groups is 1. The molecule has 1 unspecified atom stereocenters. The van der Waals surface area contributed by atoms with Crippen LogP contribution in [0.2, 0.25) is 0 Å². The number of amides is 1. The van der Waals surface area contributed by atoms with Crippen molar-refractivity contribution in [2.75, 3.05) is 19.0 Å². The molecule has 0 bridgehead atoms. The first-order chi connectivity index (χ1) is 12.5. The molecular formula is C20H21NO4S. The van der Waals surface area contributed by atoms with Crippen LogP contribution in [0, 0.1) is 0 Å². The van der Waals surface area contributed by atoms with Crippen LogP contribution in [-0.2, 0) is 4.79 Å². The Morgan fingerprint density at radius 3 is 2.46 bits per heavy atom. The molecule has 5 nitrogen and oxygen atoms in total. The quantitative estimate of drug-likeness (QED) is 0.620. The summed E-state index contributed by atoms with van der Waals surface area (Å²) in [5.74, 6) is 1.80. The Bertz CT molecular complexity index is 804. The van der Waals surface area contributed by atoms with Gasteiger partial charge < -0.3 is 14.8 Å². The number of hydrogen-bond donors (Lipinski definition) is 1. The molecule has 0 spiro atoms. The van der Waals surface area contributed by atoms with Gasteiger partial charge in [-0.2, -0.15) is 0 Å². The standard InChI is InChI=1S/C20H21NO4S/c1-13(21-14(2)22)15-3-5-16(6-4-15)18(23)12-26-17-7-8-19-20(11-17)25-10-9-24-19/h3-8,11,13H,9-10,12H2,1-2H3,(H,21,22). The lowest BCUT2D eigenvalue weighted by molar-refractivity contribution is -0.119. The van der Waals surface area contributed by atoms with E-state index in [1.165, 1.54) is 18.7 Å². The molecule has 1 amide bonds. The minimum atomic E-state index is -0.0799. The smallest absolute Gasteiger partial charge is 0.217 e. The van der Waals surface area contributed by atoms with Crippen molar-refractivity contribution in [3.05, 3.63) is 53.6 Å². The lowest BCUT2D eigenvalue weighted by Gasteiger charge is -2.18.